The Morgan fingerprint density at radius 1 is 1.29 bits per heavy atom. The summed E-state index contributed by atoms with van der Waals surface area (Å²) in [6.45, 7) is 5.47. The first-order valence-electron chi connectivity index (χ1n) is 6.09. The molecule has 3 rings (SSSR count). The van der Waals surface area contributed by atoms with Crippen molar-refractivity contribution in [3.05, 3.63) is 34.1 Å². The van der Waals surface area contributed by atoms with E-state index in [0.29, 0.717) is 4.47 Å². The lowest BCUT2D eigenvalue weighted by Crippen LogP contribution is -2.25. The number of halogens is 2. The van der Waals surface area contributed by atoms with Crippen LogP contribution in [0, 0.1) is 17.7 Å². The third-order valence-electron chi connectivity index (χ3n) is 3.86. The molecule has 2 saturated heterocycles. The number of likely N-dealkylation sites (tertiary alicyclic amines) is 1. The van der Waals surface area contributed by atoms with E-state index in [0.717, 1.165) is 50.1 Å². The summed E-state index contributed by atoms with van der Waals surface area (Å²) in [7, 11) is 0. The van der Waals surface area contributed by atoms with E-state index in [1.807, 2.05) is 6.07 Å². The summed E-state index contributed by atoms with van der Waals surface area (Å²) in [6, 6.07) is 5.43. The van der Waals surface area contributed by atoms with Gasteiger partial charge in [-0.3, -0.25) is 4.90 Å². The quantitative estimate of drug-likeness (QED) is 0.901. The van der Waals surface area contributed by atoms with Gasteiger partial charge in [0.05, 0.1) is 4.47 Å². The fraction of sp³-hybridized carbons (Fsp3) is 0.538. The molecule has 0 aromatic heterocycles. The summed E-state index contributed by atoms with van der Waals surface area (Å²) in [4.78, 5) is 2.44. The third kappa shape index (κ3) is 2.39. The SMILES string of the molecule is Fc1cc(CN2CC3CNCC3C2)ccc1Br. The molecule has 0 bridgehead atoms. The zero-order valence-corrected chi connectivity index (χ0v) is 11.2. The maximum absolute atomic E-state index is 13.4. The number of nitrogens with one attached hydrogen (secondary N) is 1. The van der Waals surface area contributed by atoms with Crippen LogP contribution in [0.2, 0.25) is 0 Å². The molecule has 0 saturated carbocycles. The Kier molecular flexibility index (Phi) is 3.19. The summed E-state index contributed by atoms with van der Waals surface area (Å²) < 4.78 is 14.0. The van der Waals surface area contributed by atoms with Crippen molar-refractivity contribution in [3.8, 4) is 0 Å². The van der Waals surface area contributed by atoms with Crippen LogP contribution in [0.3, 0.4) is 0 Å². The van der Waals surface area contributed by atoms with Crippen LogP contribution in [0.15, 0.2) is 22.7 Å². The van der Waals surface area contributed by atoms with Crippen molar-refractivity contribution in [1.82, 2.24) is 10.2 Å². The highest BCUT2D eigenvalue weighted by Gasteiger charge is 2.35. The smallest absolute Gasteiger partial charge is 0.137 e. The highest BCUT2D eigenvalue weighted by molar-refractivity contribution is 9.10. The van der Waals surface area contributed by atoms with E-state index in [9.17, 15) is 4.39 Å². The maximum Gasteiger partial charge on any atom is 0.137 e. The van der Waals surface area contributed by atoms with Crippen molar-refractivity contribution in [3.63, 3.8) is 0 Å². The largest absolute Gasteiger partial charge is 0.316 e. The van der Waals surface area contributed by atoms with Gasteiger partial charge in [-0.15, -0.1) is 0 Å². The van der Waals surface area contributed by atoms with E-state index in [-0.39, 0.29) is 5.82 Å². The molecule has 4 heteroatoms. The fourth-order valence-corrected chi connectivity index (χ4v) is 3.22. The highest BCUT2D eigenvalue weighted by Crippen LogP contribution is 2.27. The molecule has 0 aliphatic carbocycles. The van der Waals surface area contributed by atoms with E-state index in [4.69, 9.17) is 0 Å². The Morgan fingerprint density at radius 3 is 2.65 bits per heavy atom. The van der Waals surface area contributed by atoms with E-state index in [2.05, 4.69) is 26.1 Å². The number of nitrogens with zero attached hydrogens (tertiary/aromatic N) is 1. The summed E-state index contributed by atoms with van der Waals surface area (Å²) in [5.74, 6) is 1.44. The van der Waals surface area contributed by atoms with Crippen LogP contribution in [0.25, 0.3) is 0 Å². The second-order valence-electron chi connectivity index (χ2n) is 5.12. The Bertz CT molecular complexity index is 412. The predicted molar refractivity (Wildman–Crippen MR) is 69.2 cm³/mol. The Morgan fingerprint density at radius 2 is 2.00 bits per heavy atom. The molecule has 1 aromatic carbocycles. The topological polar surface area (TPSA) is 15.3 Å². The molecule has 2 nitrogen and oxygen atoms in total. The van der Waals surface area contributed by atoms with Crippen molar-refractivity contribution < 1.29 is 4.39 Å². The number of hydrogen-bond donors (Lipinski definition) is 1. The molecule has 0 radical (unpaired) electrons. The van der Waals surface area contributed by atoms with Crippen molar-refractivity contribution in [1.29, 1.82) is 0 Å². The van der Waals surface area contributed by atoms with Crippen LogP contribution in [0.1, 0.15) is 5.56 Å². The molecule has 1 aromatic rings. The standard InChI is InChI=1S/C13H16BrFN2/c14-12-2-1-9(3-13(12)15)6-17-7-10-4-16-5-11(10)8-17/h1-3,10-11,16H,4-8H2. The van der Waals surface area contributed by atoms with Gasteiger partial charge in [-0.05, 0) is 58.6 Å². The minimum atomic E-state index is -0.163. The molecule has 2 unspecified atom stereocenters. The van der Waals surface area contributed by atoms with Gasteiger partial charge in [-0.25, -0.2) is 4.39 Å². The zero-order chi connectivity index (χ0) is 11.8. The van der Waals surface area contributed by atoms with Gasteiger partial charge in [0.25, 0.3) is 0 Å². The molecular weight excluding hydrogens is 283 g/mol. The van der Waals surface area contributed by atoms with Gasteiger partial charge in [-0.1, -0.05) is 6.07 Å². The predicted octanol–water partition coefficient (Wildman–Crippen LogP) is 2.24. The Labute approximate surface area is 109 Å². The van der Waals surface area contributed by atoms with Gasteiger partial charge in [0.1, 0.15) is 5.82 Å². The molecule has 2 fully saturated rings. The maximum atomic E-state index is 13.4. The minimum Gasteiger partial charge on any atom is -0.316 e. The number of hydrogen-bond acceptors (Lipinski definition) is 2. The van der Waals surface area contributed by atoms with Crippen molar-refractivity contribution >= 4 is 15.9 Å². The Hall–Kier alpha value is -0.450. The first-order valence-corrected chi connectivity index (χ1v) is 6.88. The van der Waals surface area contributed by atoms with Crippen LogP contribution < -0.4 is 5.32 Å². The number of rotatable bonds is 2. The summed E-state index contributed by atoms with van der Waals surface area (Å²) in [5.41, 5.74) is 1.07. The van der Waals surface area contributed by atoms with Gasteiger partial charge in [-0.2, -0.15) is 0 Å². The molecular formula is C13H16BrFN2. The third-order valence-corrected chi connectivity index (χ3v) is 4.50. The second kappa shape index (κ2) is 4.67. The first-order chi connectivity index (χ1) is 8.22. The molecule has 17 heavy (non-hydrogen) atoms. The monoisotopic (exact) mass is 298 g/mol. The average Bonchev–Trinajstić information content (AvgIpc) is 2.84. The van der Waals surface area contributed by atoms with Crippen LogP contribution in [-0.4, -0.2) is 31.1 Å². The van der Waals surface area contributed by atoms with E-state index in [1.165, 1.54) is 0 Å². The van der Waals surface area contributed by atoms with E-state index < -0.39 is 0 Å². The van der Waals surface area contributed by atoms with E-state index >= 15 is 0 Å². The van der Waals surface area contributed by atoms with Gasteiger partial charge in [0.2, 0.25) is 0 Å². The molecule has 2 heterocycles. The molecule has 2 aliphatic heterocycles. The van der Waals surface area contributed by atoms with Crippen molar-refractivity contribution in [2.75, 3.05) is 26.2 Å². The average molecular weight is 299 g/mol. The molecule has 2 atom stereocenters. The van der Waals surface area contributed by atoms with Crippen LogP contribution in [0.4, 0.5) is 4.39 Å². The molecule has 92 valence electrons. The van der Waals surface area contributed by atoms with E-state index in [1.54, 1.807) is 12.1 Å². The summed E-state index contributed by atoms with van der Waals surface area (Å²) in [5, 5.41) is 3.43. The van der Waals surface area contributed by atoms with Crippen molar-refractivity contribution in [2.24, 2.45) is 11.8 Å². The lowest BCUT2D eigenvalue weighted by atomic mass is 10.0. The lowest BCUT2D eigenvalue weighted by molar-refractivity contribution is 0.305. The summed E-state index contributed by atoms with van der Waals surface area (Å²) in [6.07, 6.45) is 0. The fourth-order valence-electron chi connectivity index (χ4n) is 2.98. The molecule has 0 spiro atoms. The van der Waals surface area contributed by atoms with Crippen LogP contribution in [0.5, 0.6) is 0 Å². The van der Waals surface area contributed by atoms with Gasteiger partial charge in [0, 0.05) is 19.6 Å². The minimum absolute atomic E-state index is 0.163. The van der Waals surface area contributed by atoms with Crippen molar-refractivity contribution in [2.45, 2.75) is 6.54 Å². The van der Waals surface area contributed by atoms with Crippen LogP contribution in [-0.2, 0) is 6.54 Å². The second-order valence-corrected chi connectivity index (χ2v) is 5.98. The van der Waals surface area contributed by atoms with Gasteiger partial charge >= 0.3 is 0 Å². The number of benzene rings is 1. The van der Waals surface area contributed by atoms with Gasteiger partial charge < -0.3 is 5.32 Å². The zero-order valence-electron chi connectivity index (χ0n) is 9.63. The molecule has 0 amide bonds. The number of fused-ring (bicyclic) bond motifs is 1. The normalized spacial score (nSPS) is 28.6. The lowest BCUT2D eigenvalue weighted by Gasteiger charge is -2.17. The first kappa shape index (κ1) is 11.6. The van der Waals surface area contributed by atoms with Crippen LogP contribution >= 0.6 is 15.9 Å². The molecule has 2 aliphatic rings. The molecule has 1 N–H and O–H groups in total. The summed E-state index contributed by atoms with van der Waals surface area (Å²) >= 11 is 3.18. The van der Waals surface area contributed by atoms with Gasteiger partial charge in [0.15, 0.2) is 0 Å². The highest BCUT2D eigenvalue weighted by atomic mass is 79.9. The Balaban J connectivity index is 1.65.